The van der Waals surface area contributed by atoms with E-state index in [4.69, 9.17) is 0 Å². The van der Waals surface area contributed by atoms with Crippen LogP contribution in [0.5, 0.6) is 0 Å². The summed E-state index contributed by atoms with van der Waals surface area (Å²) >= 11 is 1.40. The van der Waals surface area contributed by atoms with Crippen LogP contribution < -0.4 is 0 Å². The molecule has 0 spiro atoms. The second-order valence-corrected chi connectivity index (χ2v) is 7.31. The van der Waals surface area contributed by atoms with E-state index in [1.807, 2.05) is 35.2 Å². The molecule has 0 saturated carbocycles. The molecular weight excluding hydrogens is 308 g/mol. The van der Waals surface area contributed by atoms with E-state index in [9.17, 15) is 4.79 Å². The first kappa shape index (κ1) is 16.1. The van der Waals surface area contributed by atoms with Crippen LogP contribution in [0.2, 0.25) is 0 Å². The lowest BCUT2D eigenvalue weighted by Crippen LogP contribution is -2.43. The van der Waals surface area contributed by atoms with Gasteiger partial charge in [-0.1, -0.05) is 55.9 Å². The van der Waals surface area contributed by atoms with Gasteiger partial charge in [-0.05, 0) is 18.3 Å². The molecule has 5 nitrogen and oxygen atoms in total. The summed E-state index contributed by atoms with van der Waals surface area (Å²) < 4.78 is 0. The molecule has 2 unspecified atom stereocenters. The molecule has 2 atom stereocenters. The van der Waals surface area contributed by atoms with Crippen molar-refractivity contribution in [1.29, 1.82) is 0 Å². The monoisotopic (exact) mass is 330 g/mol. The van der Waals surface area contributed by atoms with E-state index in [1.165, 1.54) is 18.2 Å². The highest BCUT2D eigenvalue weighted by atomic mass is 32.2. The Labute approximate surface area is 140 Å². The number of piperidine rings is 1. The Morgan fingerprint density at radius 3 is 2.65 bits per heavy atom. The van der Waals surface area contributed by atoms with Crippen LogP contribution >= 0.6 is 11.8 Å². The van der Waals surface area contributed by atoms with Crippen LogP contribution in [0.4, 0.5) is 0 Å². The average molecular weight is 330 g/mol. The smallest absolute Gasteiger partial charge is 0.233 e. The second-order valence-electron chi connectivity index (χ2n) is 6.37. The van der Waals surface area contributed by atoms with Gasteiger partial charge in [-0.15, -0.1) is 5.10 Å². The lowest BCUT2D eigenvalue weighted by Gasteiger charge is -2.34. The molecule has 1 saturated heterocycles. The third-order valence-corrected chi connectivity index (χ3v) is 4.89. The summed E-state index contributed by atoms with van der Waals surface area (Å²) in [5.74, 6) is 2.48. The lowest BCUT2D eigenvalue weighted by atomic mass is 9.92. The van der Waals surface area contributed by atoms with Crippen LogP contribution in [0.15, 0.2) is 35.5 Å². The summed E-state index contributed by atoms with van der Waals surface area (Å²) in [5, 5.41) is 7.75. The summed E-state index contributed by atoms with van der Waals surface area (Å²) in [5.41, 5.74) is 0.997. The van der Waals surface area contributed by atoms with Gasteiger partial charge in [0.25, 0.3) is 0 Å². The Morgan fingerprint density at radius 2 is 1.96 bits per heavy atom. The number of aromatic nitrogens is 3. The molecule has 1 amide bonds. The molecule has 0 bridgehead atoms. The number of nitrogens with zero attached hydrogens (tertiary/aromatic N) is 3. The molecule has 3 rings (SSSR count). The third-order valence-electron chi connectivity index (χ3n) is 4.06. The molecule has 1 aromatic carbocycles. The molecule has 2 heterocycles. The fraction of sp³-hybridized carbons (Fsp3) is 0.471. The van der Waals surface area contributed by atoms with Gasteiger partial charge in [0.2, 0.25) is 11.1 Å². The van der Waals surface area contributed by atoms with Gasteiger partial charge in [-0.25, -0.2) is 4.98 Å². The van der Waals surface area contributed by atoms with Crippen molar-refractivity contribution in [2.45, 2.75) is 25.4 Å². The lowest BCUT2D eigenvalue weighted by molar-refractivity contribution is -0.130. The molecule has 2 aromatic rings. The van der Waals surface area contributed by atoms with E-state index in [-0.39, 0.29) is 5.91 Å². The van der Waals surface area contributed by atoms with Gasteiger partial charge in [-0.2, -0.15) is 0 Å². The van der Waals surface area contributed by atoms with Gasteiger partial charge in [0, 0.05) is 18.7 Å². The first-order valence-corrected chi connectivity index (χ1v) is 8.98. The van der Waals surface area contributed by atoms with E-state index >= 15 is 0 Å². The number of nitrogens with one attached hydrogen (secondary N) is 1. The van der Waals surface area contributed by atoms with Crippen LogP contribution in [0.1, 0.15) is 20.3 Å². The second kappa shape index (κ2) is 7.17. The Hall–Kier alpha value is -1.82. The van der Waals surface area contributed by atoms with E-state index < -0.39 is 0 Å². The minimum atomic E-state index is 0.180. The maximum Gasteiger partial charge on any atom is 0.233 e. The Kier molecular flexibility index (Phi) is 5.00. The zero-order valence-electron chi connectivity index (χ0n) is 13.5. The minimum absolute atomic E-state index is 0.180. The zero-order chi connectivity index (χ0) is 16.2. The summed E-state index contributed by atoms with van der Waals surface area (Å²) in [4.78, 5) is 18.8. The molecule has 1 aliphatic rings. The molecular formula is C17H22N4OS. The average Bonchev–Trinajstić information content (AvgIpc) is 3.01. The van der Waals surface area contributed by atoms with Crippen molar-refractivity contribution in [3.63, 3.8) is 0 Å². The normalized spacial score (nSPS) is 21.4. The number of carbonyl (C=O) groups is 1. The Balaban J connectivity index is 1.56. The van der Waals surface area contributed by atoms with Crippen LogP contribution in [0, 0.1) is 11.8 Å². The predicted molar refractivity (Wildman–Crippen MR) is 92.1 cm³/mol. The van der Waals surface area contributed by atoms with Crippen molar-refractivity contribution in [3.8, 4) is 11.4 Å². The molecule has 0 aliphatic carbocycles. The van der Waals surface area contributed by atoms with Gasteiger partial charge in [0.05, 0.1) is 5.75 Å². The summed E-state index contributed by atoms with van der Waals surface area (Å²) in [7, 11) is 0. The molecule has 1 N–H and O–H groups in total. The molecule has 1 aromatic heterocycles. The maximum absolute atomic E-state index is 12.4. The number of likely N-dealkylation sites (tertiary alicyclic amines) is 1. The van der Waals surface area contributed by atoms with Gasteiger partial charge in [-0.3, -0.25) is 9.89 Å². The summed E-state index contributed by atoms with van der Waals surface area (Å²) in [6, 6.07) is 9.86. The molecule has 1 aliphatic heterocycles. The van der Waals surface area contributed by atoms with Crippen molar-refractivity contribution in [2.75, 3.05) is 18.8 Å². The number of benzene rings is 1. The van der Waals surface area contributed by atoms with E-state index in [0.29, 0.717) is 22.7 Å². The third kappa shape index (κ3) is 4.13. The molecule has 122 valence electrons. The van der Waals surface area contributed by atoms with Crippen LogP contribution in [0.25, 0.3) is 11.4 Å². The molecule has 6 heteroatoms. The van der Waals surface area contributed by atoms with Gasteiger partial charge in [0.15, 0.2) is 5.82 Å². The minimum Gasteiger partial charge on any atom is -0.341 e. The van der Waals surface area contributed by atoms with Crippen molar-refractivity contribution in [3.05, 3.63) is 30.3 Å². The molecule has 23 heavy (non-hydrogen) atoms. The number of aromatic amines is 1. The highest BCUT2D eigenvalue weighted by molar-refractivity contribution is 7.99. The topological polar surface area (TPSA) is 61.9 Å². The number of carbonyl (C=O) groups excluding carboxylic acids is 1. The standard InChI is InChI=1S/C17H22N4OS/c1-12-8-13(2)10-21(9-12)15(22)11-23-17-18-16(19-20-17)14-6-4-3-5-7-14/h3-7,12-13H,8-11H2,1-2H3,(H,18,19,20). The molecule has 0 radical (unpaired) electrons. The highest BCUT2D eigenvalue weighted by Gasteiger charge is 2.25. The first-order valence-electron chi connectivity index (χ1n) is 8.00. The number of H-pyrrole nitrogens is 1. The quantitative estimate of drug-likeness (QED) is 0.875. The number of hydrogen-bond donors (Lipinski definition) is 1. The van der Waals surface area contributed by atoms with Crippen molar-refractivity contribution >= 4 is 17.7 Å². The zero-order valence-corrected chi connectivity index (χ0v) is 14.3. The SMILES string of the molecule is CC1CC(C)CN(C(=O)CSc2n[nH]c(-c3ccccc3)n2)C1. The van der Waals surface area contributed by atoms with Gasteiger partial charge in [0.1, 0.15) is 0 Å². The van der Waals surface area contributed by atoms with E-state index in [2.05, 4.69) is 29.0 Å². The van der Waals surface area contributed by atoms with Crippen LogP contribution in [-0.2, 0) is 4.79 Å². The van der Waals surface area contributed by atoms with Crippen molar-refractivity contribution < 1.29 is 4.79 Å². The number of rotatable bonds is 4. The van der Waals surface area contributed by atoms with Gasteiger partial charge >= 0.3 is 0 Å². The van der Waals surface area contributed by atoms with Gasteiger partial charge < -0.3 is 4.90 Å². The first-order chi connectivity index (χ1) is 11.1. The number of thioether (sulfide) groups is 1. The Morgan fingerprint density at radius 1 is 1.26 bits per heavy atom. The van der Waals surface area contributed by atoms with Crippen LogP contribution in [0.3, 0.4) is 0 Å². The summed E-state index contributed by atoms with van der Waals surface area (Å²) in [6.07, 6.45) is 1.21. The Bertz CT molecular complexity index is 648. The number of amides is 1. The fourth-order valence-corrected chi connectivity index (χ4v) is 3.82. The van der Waals surface area contributed by atoms with E-state index in [1.54, 1.807) is 0 Å². The van der Waals surface area contributed by atoms with Crippen molar-refractivity contribution in [1.82, 2.24) is 20.1 Å². The predicted octanol–water partition coefficient (Wildman–Crippen LogP) is 3.07. The maximum atomic E-state index is 12.4. The van der Waals surface area contributed by atoms with Crippen LogP contribution in [-0.4, -0.2) is 44.8 Å². The fourth-order valence-electron chi connectivity index (χ4n) is 3.12. The largest absolute Gasteiger partial charge is 0.341 e. The number of hydrogen-bond acceptors (Lipinski definition) is 4. The highest BCUT2D eigenvalue weighted by Crippen LogP contribution is 2.23. The van der Waals surface area contributed by atoms with E-state index in [0.717, 1.165) is 24.5 Å². The van der Waals surface area contributed by atoms with Crippen molar-refractivity contribution in [2.24, 2.45) is 11.8 Å². The molecule has 1 fully saturated rings. The summed E-state index contributed by atoms with van der Waals surface area (Å²) in [6.45, 7) is 6.16.